The predicted octanol–water partition coefficient (Wildman–Crippen LogP) is 5.27. The zero-order valence-electron chi connectivity index (χ0n) is 24.6. The fourth-order valence-corrected chi connectivity index (χ4v) is 4.37. The van der Waals surface area contributed by atoms with Crippen molar-refractivity contribution in [2.75, 3.05) is 50.1 Å². The molecule has 1 aromatic heterocycles. The van der Waals surface area contributed by atoms with Crippen LogP contribution in [0.4, 0.5) is 21.6 Å². The summed E-state index contributed by atoms with van der Waals surface area (Å²) in [6.07, 6.45) is 6.61. The highest BCUT2D eigenvalue weighted by Crippen LogP contribution is 2.36. The van der Waals surface area contributed by atoms with Crippen molar-refractivity contribution in [3.63, 3.8) is 0 Å². The maximum atomic E-state index is 13.7. The number of carbonyl (C=O) groups excluding carboxylic acids is 3. The first kappa shape index (κ1) is 32.6. The van der Waals surface area contributed by atoms with Crippen molar-refractivity contribution in [3.05, 3.63) is 59.7 Å². The molecule has 0 saturated heterocycles. The Balaban J connectivity index is 1.51. The van der Waals surface area contributed by atoms with Gasteiger partial charge in [0.1, 0.15) is 23.7 Å². The Morgan fingerprint density at radius 3 is 2.59 bits per heavy atom. The number of nitrogens with zero attached hydrogens (tertiary/aromatic N) is 3. The molecule has 1 fully saturated rings. The van der Waals surface area contributed by atoms with E-state index in [0.29, 0.717) is 46.4 Å². The molecule has 1 aliphatic carbocycles. The molecule has 2 aromatic carbocycles. The molecule has 4 rings (SSSR count). The van der Waals surface area contributed by atoms with Crippen molar-refractivity contribution in [2.24, 2.45) is 5.92 Å². The van der Waals surface area contributed by atoms with Gasteiger partial charge in [0.25, 0.3) is 0 Å². The fourth-order valence-electron chi connectivity index (χ4n) is 4.19. The molecule has 1 saturated carbocycles. The standard InChI is InChI=1S/C31H35ClFN5O6/c1-3-42-29(40)11-13-38(17-30(41)43-4-2)12-5-6-28(39)37-26-15-22-25(16-27(26)44-18-20-7-8-20)34-19-35-31(22)36-21-9-10-24(33)23(32)14-21/h5-6,9-10,14-16,19-20H,3-4,7-8,11-13,17-18H2,1-2H3,(H,37,39)(H,34,35,36). The average Bonchev–Trinajstić information content (AvgIpc) is 3.82. The number of hydrogen-bond donors (Lipinski definition) is 2. The van der Waals surface area contributed by atoms with Gasteiger partial charge in [0.05, 0.1) is 49.0 Å². The van der Waals surface area contributed by atoms with E-state index in [1.165, 1.54) is 30.6 Å². The van der Waals surface area contributed by atoms with Crippen molar-refractivity contribution in [1.82, 2.24) is 14.9 Å². The minimum absolute atomic E-state index is 0.0365. The largest absolute Gasteiger partial charge is 0.491 e. The van der Waals surface area contributed by atoms with Gasteiger partial charge in [0.15, 0.2) is 0 Å². The van der Waals surface area contributed by atoms with Crippen LogP contribution < -0.4 is 15.4 Å². The van der Waals surface area contributed by atoms with E-state index >= 15 is 0 Å². The maximum Gasteiger partial charge on any atom is 0.320 e. The second-order valence-electron chi connectivity index (χ2n) is 10.1. The third-order valence-corrected chi connectivity index (χ3v) is 6.87. The van der Waals surface area contributed by atoms with E-state index in [2.05, 4.69) is 20.6 Å². The number of ether oxygens (including phenoxy) is 3. The first-order valence-corrected chi connectivity index (χ1v) is 14.8. The number of benzene rings is 2. The zero-order valence-corrected chi connectivity index (χ0v) is 25.4. The van der Waals surface area contributed by atoms with Crippen LogP contribution in [0.1, 0.15) is 33.1 Å². The maximum absolute atomic E-state index is 13.7. The van der Waals surface area contributed by atoms with Crippen LogP contribution in [0.2, 0.25) is 5.02 Å². The van der Waals surface area contributed by atoms with Crippen molar-refractivity contribution < 1.29 is 33.0 Å². The summed E-state index contributed by atoms with van der Waals surface area (Å²) in [5, 5.41) is 6.55. The number of hydrogen-bond acceptors (Lipinski definition) is 10. The second-order valence-corrected chi connectivity index (χ2v) is 10.5. The van der Waals surface area contributed by atoms with E-state index in [4.69, 9.17) is 25.8 Å². The molecular formula is C31H35ClFN5O6. The number of nitrogens with one attached hydrogen (secondary N) is 2. The van der Waals surface area contributed by atoms with E-state index in [1.807, 2.05) is 0 Å². The van der Waals surface area contributed by atoms with E-state index < -0.39 is 17.7 Å². The third kappa shape index (κ3) is 9.88. The Hall–Kier alpha value is -4.29. The van der Waals surface area contributed by atoms with Crippen molar-refractivity contribution in [1.29, 1.82) is 0 Å². The molecule has 0 aliphatic heterocycles. The number of halogens is 2. The highest BCUT2D eigenvalue weighted by molar-refractivity contribution is 6.31. The van der Waals surface area contributed by atoms with Gasteiger partial charge in [0, 0.05) is 36.3 Å². The fraction of sp³-hybridized carbons (Fsp3) is 0.387. The Kier molecular flexibility index (Phi) is 11.8. The van der Waals surface area contributed by atoms with E-state index in [0.717, 1.165) is 12.8 Å². The lowest BCUT2D eigenvalue weighted by atomic mass is 10.1. The molecule has 0 atom stereocenters. The van der Waals surface area contributed by atoms with Crippen molar-refractivity contribution in [3.8, 4) is 5.75 Å². The van der Waals surface area contributed by atoms with Crippen LogP contribution >= 0.6 is 11.6 Å². The quantitative estimate of drug-likeness (QED) is 0.160. The number of fused-ring (bicyclic) bond motifs is 1. The summed E-state index contributed by atoms with van der Waals surface area (Å²) in [7, 11) is 0. The number of carbonyl (C=O) groups is 3. The van der Waals surface area contributed by atoms with Crippen LogP contribution in [0, 0.1) is 11.7 Å². The molecule has 1 amide bonds. The summed E-state index contributed by atoms with van der Waals surface area (Å²) >= 11 is 5.95. The molecule has 0 radical (unpaired) electrons. The van der Waals surface area contributed by atoms with E-state index in [-0.39, 0.29) is 50.3 Å². The second kappa shape index (κ2) is 16.0. The van der Waals surface area contributed by atoms with Gasteiger partial charge in [-0.25, -0.2) is 14.4 Å². The minimum atomic E-state index is -0.539. The lowest BCUT2D eigenvalue weighted by molar-refractivity contribution is -0.147. The SMILES string of the molecule is CCOC(=O)CCN(CC=CC(=O)Nc1cc2c(Nc3ccc(F)c(Cl)c3)ncnc2cc1OCC1CC1)CC(=O)OCC. The molecule has 11 nitrogen and oxygen atoms in total. The van der Waals surface area contributed by atoms with E-state index in [9.17, 15) is 18.8 Å². The molecule has 44 heavy (non-hydrogen) atoms. The van der Waals surface area contributed by atoms with Crippen LogP contribution in [0.3, 0.4) is 0 Å². The van der Waals surface area contributed by atoms with E-state index in [1.54, 1.807) is 37.0 Å². The first-order valence-electron chi connectivity index (χ1n) is 14.4. The summed E-state index contributed by atoms with van der Waals surface area (Å²) in [5.74, 6) is -0.425. The number of rotatable bonds is 16. The highest BCUT2D eigenvalue weighted by atomic mass is 35.5. The van der Waals surface area contributed by atoms with Crippen LogP contribution in [0.15, 0.2) is 48.8 Å². The number of amides is 1. The summed E-state index contributed by atoms with van der Waals surface area (Å²) in [5.41, 5.74) is 1.51. The third-order valence-electron chi connectivity index (χ3n) is 6.58. The number of aromatic nitrogens is 2. The lowest BCUT2D eigenvalue weighted by Crippen LogP contribution is -2.33. The normalized spacial score (nSPS) is 12.8. The van der Waals surface area contributed by atoms with Gasteiger partial charge in [-0.15, -0.1) is 0 Å². The monoisotopic (exact) mass is 627 g/mol. The average molecular weight is 628 g/mol. The van der Waals surface area contributed by atoms with Crippen LogP contribution in [0.25, 0.3) is 10.9 Å². The Morgan fingerprint density at radius 2 is 1.86 bits per heavy atom. The molecule has 0 bridgehead atoms. The van der Waals surface area contributed by atoms with Gasteiger partial charge < -0.3 is 24.8 Å². The molecular weight excluding hydrogens is 593 g/mol. The van der Waals surface area contributed by atoms with Gasteiger partial charge in [-0.2, -0.15) is 0 Å². The van der Waals surface area contributed by atoms with Crippen molar-refractivity contribution in [2.45, 2.75) is 33.1 Å². The summed E-state index contributed by atoms with van der Waals surface area (Å²) in [6.45, 7) is 4.88. The van der Waals surface area contributed by atoms with Gasteiger partial charge in [-0.1, -0.05) is 17.7 Å². The number of esters is 2. The smallest absolute Gasteiger partial charge is 0.320 e. The zero-order chi connectivity index (χ0) is 31.5. The summed E-state index contributed by atoms with van der Waals surface area (Å²) in [4.78, 5) is 47.3. The molecule has 234 valence electrons. The molecule has 0 spiro atoms. The molecule has 3 aromatic rings. The van der Waals surface area contributed by atoms with Crippen LogP contribution in [-0.2, 0) is 23.9 Å². The minimum Gasteiger partial charge on any atom is -0.491 e. The van der Waals surface area contributed by atoms with Gasteiger partial charge in [0.2, 0.25) is 5.91 Å². The van der Waals surface area contributed by atoms with Crippen LogP contribution in [0.5, 0.6) is 5.75 Å². The van der Waals surface area contributed by atoms with Gasteiger partial charge in [-0.3, -0.25) is 19.3 Å². The Bertz CT molecular complexity index is 1520. The van der Waals surface area contributed by atoms with Gasteiger partial charge >= 0.3 is 11.9 Å². The molecule has 0 unspecified atom stereocenters. The molecule has 1 aliphatic rings. The van der Waals surface area contributed by atoms with Crippen molar-refractivity contribution >= 4 is 57.5 Å². The summed E-state index contributed by atoms with van der Waals surface area (Å²) in [6, 6.07) is 7.68. The summed E-state index contributed by atoms with van der Waals surface area (Å²) < 4.78 is 29.7. The molecule has 1 heterocycles. The van der Waals surface area contributed by atoms with Crippen LogP contribution in [-0.4, -0.2) is 72.2 Å². The number of anilines is 3. The predicted molar refractivity (Wildman–Crippen MR) is 165 cm³/mol. The Morgan fingerprint density at radius 1 is 1.09 bits per heavy atom. The molecule has 13 heteroatoms. The topological polar surface area (TPSA) is 132 Å². The lowest BCUT2D eigenvalue weighted by Gasteiger charge is -2.19. The highest BCUT2D eigenvalue weighted by Gasteiger charge is 2.23. The first-order chi connectivity index (χ1) is 21.2. The molecule has 2 N–H and O–H groups in total. The Labute approximate surface area is 259 Å². The van der Waals surface area contributed by atoms with Gasteiger partial charge in [-0.05, 0) is 56.9 Å².